The van der Waals surface area contributed by atoms with Gasteiger partial charge in [0, 0.05) is 32.0 Å². The van der Waals surface area contributed by atoms with Gasteiger partial charge in [0.1, 0.15) is 0 Å². The standard InChI is InChI=1S/C12H19N3O3/c1-17-7-6-13-9-11(16)15-8-10-4-3-5-14-12(10)18-2/h3-5,13H,6-9H2,1-2H3,(H,15,16). The van der Waals surface area contributed by atoms with E-state index in [1.165, 1.54) is 0 Å². The van der Waals surface area contributed by atoms with E-state index in [2.05, 4.69) is 15.6 Å². The van der Waals surface area contributed by atoms with Crippen molar-refractivity contribution in [1.82, 2.24) is 15.6 Å². The first kappa shape index (κ1) is 14.4. The molecule has 0 aliphatic carbocycles. The third kappa shape index (κ3) is 5.11. The summed E-state index contributed by atoms with van der Waals surface area (Å²) in [7, 11) is 3.18. The Hall–Kier alpha value is -1.66. The number of nitrogens with zero attached hydrogens (tertiary/aromatic N) is 1. The Balaban J connectivity index is 2.29. The molecule has 6 heteroatoms. The molecule has 0 spiro atoms. The van der Waals surface area contributed by atoms with Crippen LogP contribution < -0.4 is 15.4 Å². The topological polar surface area (TPSA) is 72.5 Å². The molecule has 0 fully saturated rings. The second kappa shape index (κ2) is 8.43. The van der Waals surface area contributed by atoms with Crippen LogP contribution in [0, 0.1) is 0 Å². The number of carbonyl (C=O) groups excluding carboxylic acids is 1. The Kier molecular flexibility index (Phi) is 6.75. The minimum Gasteiger partial charge on any atom is -0.481 e. The highest BCUT2D eigenvalue weighted by atomic mass is 16.5. The largest absolute Gasteiger partial charge is 0.481 e. The second-order valence-corrected chi connectivity index (χ2v) is 3.62. The SMILES string of the molecule is COCCNCC(=O)NCc1cccnc1OC. The molecule has 1 heterocycles. The van der Waals surface area contributed by atoms with Gasteiger partial charge in [-0.15, -0.1) is 0 Å². The molecule has 0 aromatic carbocycles. The van der Waals surface area contributed by atoms with Gasteiger partial charge in [-0.05, 0) is 6.07 Å². The van der Waals surface area contributed by atoms with E-state index in [0.29, 0.717) is 25.6 Å². The first-order chi connectivity index (χ1) is 8.77. The zero-order valence-corrected chi connectivity index (χ0v) is 10.7. The summed E-state index contributed by atoms with van der Waals surface area (Å²) >= 11 is 0. The molecule has 100 valence electrons. The Morgan fingerprint density at radius 3 is 3.00 bits per heavy atom. The molecule has 2 N–H and O–H groups in total. The van der Waals surface area contributed by atoms with Crippen molar-refractivity contribution in [2.75, 3.05) is 33.9 Å². The Bertz CT molecular complexity index is 371. The number of amides is 1. The minimum absolute atomic E-state index is 0.0722. The van der Waals surface area contributed by atoms with Crippen LogP contribution in [-0.4, -0.2) is 44.8 Å². The smallest absolute Gasteiger partial charge is 0.234 e. The van der Waals surface area contributed by atoms with Gasteiger partial charge in [0.2, 0.25) is 11.8 Å². The number of hydrogen-bond donors (Lipinski definition) is 2. The number of ether oxygens (including phenoxy) is 2. The lowest BCUT2D eigenvalue weighted by atomic mass is 10.2. The van der Waals surface area contributed by atoms with Crippen LogP contribution in [0.15, 0.2) is 18.3 Å². The maximum atomic E-state index is 11.5. The van der Waals surface area contributed by atoms with E-state index in [0.717, 1.165) is 5.56 Å². The fraction of sp³-hybridized carbons (Fsp3) is 0.500. The predicted molar refractivity (Wildman–Crippen MR) is 67.4 cm³/mol. The summed E-state index contributed by atoms with van der Waals surface area (Å²) in [4.78, 5) is 15.6. The molecule has 0 aliphatic heterocycles. The second-order valence-electron chi connectivity index (χ2n) is 3.62. The van der Waals surface area contributed by atoms with Crippen molar-refractivity contribution < 1.29 is 14.3 Å². The first-order valence-electron chi connectivity index (χ1n) is 5.72. The molecule has 18 heavy (non-hydrogen) atoms. The molecule has 0 radical (unpaired) electrons. The van der Waals surface area contributed by atoms with Crippen molar-refractivity contribution in [3.8, 4) is 5.88 Å². The molecule has 0 saturated carbocycles. The van der Waals surface area contributed by atoms with E-state index < -0.39 is 0 Å². The summed E-state index contributed by atoms with van der Waals surface area (Å²) in [5, 5.41) is 5.76. The molecule has 0 aliphatic rings. The van der Waals surface area contributed by atoms with E-state index in [-0.39, 0.29) is 12.5 Å². The van der Waals surface area contributed by atoms with Crippen molar-refractivity contribution in [1.29, 1.82) is 0 Å². The van der Waals surface area contributed by atoms with E-state index in [9.17, 15) is 4.79 Å². The summed E-state index contributed by atoms with van der Waals surface area (Å²) in [6.45, 7) is 1.91. The summed E-state index contributed by atoms with van der Waals surface area (Å²) in [6.07, 6.45) is 1.65. The highest BCUT2D eigenvalue weighted by Gasteiger charge is 2.05. The van der Waals surface area contributed by atoms with Crippen LogP contribution >= 0.6 is 0 Å². The van der Waals surface area contributed by atoms with E-state index >= 15 is 0 Å². The molecule has 0 unspecified atom stereocenters. The lowest BCUT2D eigenvalue weighted by Crippen LogP contribution is -2.34. The molecule has 0 bridgehead atoms. The summed E-state index contributed by atoms with van der Waals surface area (Å²) < 4.78 is 9.96. The third-order valence-electron chi connectivity index (χ3n) is 2.29. The molecule has 1 rings (SSSR count). The number of aromatic nitrogens is 1. The van der Waals surface area contributed by atoms with Gasteiger partial charge in [-0.3, -0.25) is 4.79 Å². The fourth-order valence-corrected chi connectivity index (χ4v) is 1.37. The van der Waals surface area contributed by atoms with Crippen LogP contribution in [-0.2, 0) is 16.1 Å². The van der Waals surface area contributed by atoms with Crippen molar-refractivity contribution >= 4 is 5.91 Å². The van der Waals surface area contributed by atoms with Crippen LogP contribution in [0.4, 0.5) is 0 Å². The van der Waals surface area contributed by atoms with Gasteiger partial charge in [0.05, 0.1) is 20.3 Å². The van der Waals surface area contributed by atoms with Crippen molar-refractivity contribution in [3.05, 3.63) is 23.9 Å². The zero-order valence-electron chi connectivity index (χ0n) is 10.7. The van der Waals surface area contributed by atoms with Crippen LogP contribution in [0.5, 0.6) is 5.88 Å². The molecule has 1 aromatic heterocycles. The monoisotopic (exact) mass is 253 g/mol. The molecule has 0 atom stereocenters. The van der Waals surface area contributed by atoms with E-state index in [1.807, 2.05) is 6.07 Å². The van der Waals surface area contributed by atoms with Gasteiger partial charge in [-0.2, -0.15) is 0 Å². The Labute approximate surface area is 107 Å². The van der Waals surface area contributed by atoms with Crippen molar-refractivity contribution in [2.24, 2.45) is 0 Å². The van der Waals surface area contributed by atoms with Gasteiger partial charge >= 0.3 is 0 Å². The highest BCUT2D eigenvalue weighted by Crippen LogP contribution is 2.12. The average molecular weight is 253 g/mol. The van der Waals surface area contributed by atoms with E-state index in [1.54, 1.807) is 26.5 Å². The van der Waals surface area contributed by atoms with Crippen LogP contribution in [0.2, 0.25) is 0 Å². The molecular weight excluding hydrogens is 234 g/mol. The molecule has 1 aromatic rings. The zero-order chi connectivity index (χ0) is 13.2. The van der Waals surface area contributed by atoms with E-state index in [4.69, 9.17) is 9.47 Å². The lowest BCUT2D eigenvalue weighted by Gasteiger charge is -2.09. The Morgan fingerprint density at radius 1 is 1.44 bits per heavy atom. The number of hydrogen-bond acceptors (Lipinski definition) is 5. The van der Waals surface area contributed by atoms with Gasteiger partial charge in [-0.1, -0.05) is 6.07 Å². The van der Waals surface area contributed by atoms with Crippen molar-refractivity contribution in [3.63, 3.8) is 0 Å². The molecule has 1 amide bonds. The quantitative estimate of drug-likeness (QED) is 0.635. The van der Waals surface area contributed by atoms with Crippen LogP contribution in [0.1, 0.15) is 5.56 Å². The normalized spacial score (nSPS) is 10.1. The minimum atomic E-state index is -0.0722. The number of rotatable bonds is 8. The first-order valence-corrected chi connectivity index (χ1v) is 5.72. The summed E-state index contributed by atoms with van der Waals surface area (Å²) in [6, 6.07) is 3.67. The Morgan fingerprint density at radius 2 is 2.28 bits per heavy atom. The summed E-state index contributed by atoms with van der Waals surface area (Å²) in [5.41, 5.74) is 0.852. The number of pyridine rings is 1. The average Bonchev–Trinajstić information content (AvgIpc) is 2.41. The van der Waals surface area contributed by atoms with Gasteiger partial charge in [-0.25, -0.2) is 4.98 Å². The number of nitrogens with one attached hydrogen (secondary N) is 2. The molecule has 0 saturated heterocycles. The lowest BCUT2D eigenvalue weighted by molar-refractivity contribution is -0.120. The van der Waals surface area contributed by atoms with Gasteiger partial charge in [0.15, 0.2) is 0 Å². The van der Waals surface area contributed by atoms with Gasteiger partial charge < -0.3 is 20.1 Å². The van der Waals surface area contributed by atoms with Crippen molar-refractivity contribution in [2.45, 2.75) is 6.54 Å². The van der Waals surface area contributed by atoms with Crippen LogP contribution in [0.3, 0.4) is 0 Å². The molecule has 6 nitrogen and oxygen atoms in total. The summed E-state index contributed by atoms with van der Waals surface area (Å²) in [5.74, 6) is 0.460. The van der Waals surface area contributed by atoms with Crippen LogP contribution in [0.25, 0.3) is 0 Å². The van der Waals surface area contributed by atoms with Gasteiger partial charge in [0.25, 0.3) is 0 Å². The predicted octanol–water partition coefficient (Wildman–Crippen LogP) is -0.0576. The maximum absolute atomic E-state index is 11.5. The fourth-order valence-electron chi connectivity index (χ4n) is 1.37. The molecular formula is C12H19N3O3. The number of methoxy groups -OCH3 is 2. The highest BCUT2D eigenvalue weighted by molar-refractivity contribution is 5.78. The third-order valence-corrected chi connectivity index (χ3v) is 2.29. The maximum Gasteiger partial charge on any atom is 0.234 e. The number of carbonyl (C=O) groups is 1.